The van der Waals surface area contributed by atoms with Gasteiger partial charge in [0.05, 0.1) is 12.1 Å². The highest BCUT2D eigenvalue weighted by atomic mass is 79.9. The first-order valence-corrected chi connectivity index (χ1v) is 6.78. The highest BCUT2D eigenvalue weighted by Gasteiger charge is 2.14. The Morgan fingerprint density at radius 1 is 1.47 bits per heavy atom. The molecule has 0 bridgehead atoms. The van der Waals surface area contributed by atoms with Crippen LogP contribution in [0.5, 0.6) is 0 Å². The lowest BCUT2D eigenvalue weighted by atomic mass is 10.2. The molecular formula is C14H15BrN2O2. The molecule has 19 heavy (non-hydrogen) atoms. The van der Waals surface area contributed by atoms with Crippen LogP contribution in [0.2, 0.25) is 0 Å². The van der Waals surface area contributed by atoms with Gasteiger partial charge in [-0.1, -0.05) is 28.1 Å². The molecule has 1 aromatic heterocycles. The highest BCUT2D eigenvalue weighted by Crippen LogP contribution is 2.24. The van der Waals surface area contributed by atoms with E-state index in [-0.39, 0.29) is 6.42 Å². The molecule has 0 amide bonds. The zero-order valence-corrected chi connectivity index (χ0v) is 12.4. The molecule has 0 saturated carbocycles. The van der Waals surface area contributed by atoms with Gasteiger partial charge in [-0.15, -0.1) is 0 Å². The van der Waals surface area contributed by atoms with Gasteiger partial charge >= 0.3 is 5.97 Å². The molecule has 2 rings (SSSR count). The van der Waals surface area contributed by atoms with Crippen molar-refractivity contribution in [3.05, 3.63) is 40.1 Å². The Labute approximate surface area is 120 Å². The van der Waals surface area contributed by atoms with E-state index in [1.807, 2.05) is 42.8 Å². The number of aliphatic carboxylic acids is 1. The van der Waals surface area contributed by atoms with E-state index in [4.69, 9.17) is 5.11 Å². The molecule has 0 fully saturated rings. The summed E-state index contributed by atoms with van der Waals surface area (Å²) < 4.78 is 2.97. The molecule has 2 aromatic rings. The zero-order valence-electron chi connectivity index (χ0n) is 10.9. The summed E-state index contributed by atoms with van der Waals surface area (Å²) in [7, 11) is 1.92. The second-order valence-corrected chi connectivity index (χ2v) is 5.35. The summed E-state index contributed by atoms with van der Waals surface area (Å²) in [6.07, 6.45) is 0.622. The molecule has 5 heteroatoms. The van der Waals surface area contributed by atoms with Crippen LogP contribution in [0.4, 0.5) is 0 Å². The van der Waals surface area contributed by atoms with E-state index in [1.54, 1.807) is 0 Å². The first-order valence-electron chi connectivity index (χ1n) is 5.99. The van der Waals surface area contributed by atoms with Gasteiger partial charge in [0.15, 0.2) is 0 Å². The number of carboxylic acids is 1. The quantitative estimate of drug-likeness (QED) is 0.940. The van der Waals surface area contributed by atoms with E-state index in [0.29, 0.717) is 6.42 Å². The van der Waals surface area contributed by atoms with Crippen molar-refractivity contribution in [2.75, 3.05) is 0 Å². The lowest BCUT2D eigenvalue weighted by Gasteiger charge is -2.06. The van der Waals surface area contributed by atoms with Crippen molar-refractivity contribution in [2.24, 2.45) is 7.05 Å². The summed E-state index contributed by atoms with van der Waals surface area (Å²) in [6, 6.07) is 7.92. The van der Waals surface area contributed by atoms with Gasteiger partial charge in [-0.3, -0.25) is 4.79 Å². The van der Waals surface area contributed by atoms with E-state index in [2.05, 4.69) is 20.9 Å². The van der Waals surface area contributed by atoms with E-state index < -0.39 is 5.97 Å². The summed E-state index contributed by atoms with van der Waals surface area (Å²) in [5.41, 5.74) is 2.87. The third-order valence-corrected chi connectivity index (χ3v) is 3.57. The van der Waals surface area contributed by atoms with Gasteiger partial charge < -0.3 is 9.67 Å². The van der Waals surface area contributed by atoms with Crippen LogP contribution in [-0.2, 0) is 18.3 Å². The molecule has 0 aliphatic carbocycles. The Morgan fingerprint density at radius 2 is 2.21 bits per heavy atom. The molecule has 0 saturated heterocycles. The SMILES string of the molecule is Cc1nc(-c2cccc(Br)c2)n(C)c1CCC(=O)O. The van der Waals surface area contributed by atoms with Gasteiger partial charge in [0, 0.05) is 22.8 Å². The molecule has 0 unspecified atom stereocenters. The van der Waals surface area contributed by atoms with E-state index in [1.165, 1.54) is 0 Å². The Kier molecular flexibility index (Phi) is 4.04. The molecule has 0 radical (unpaired) electrons. The van der Waals surface area contributed by atoms with Crippen LogP contribution in [0.25, 0.3) is 11.4 Å². The minimum absolute atomic E-state index is 0.123. The fourth-order valence-corrected chi connectivity index (χ4v) is 2.53. The van der Waals surface area contributed by atoms with Crippen molar-refractivity contribution in [3.8, 4) is 11.4 Å². The maximum atomic E-state index is 10.7. The Bertz CT molecular complexity index is 620. The molecule has 0 aliphatic rings. The number of nitrogens with zero attached hydrogens (tertiary/aromatic N) is 2. The highest BCUT2D eigenvalue weighted by molar-refractivity contribution is 9.10. The average molecular weight is 323 g/mol. The zero-order chi connectivity index (χ0) is 14.0. The predicted molar refractivity (Wildman–Crippen MR) is 77.0 cm³/mol. The monoisotopic (exact) mass is 322 g/mol. The second kappa shape index (κ2) is 5.57. The van der Waals surface area contributed by atoms with E-state index in [9.17, 15) is 4.79 Å². The maximum absolute atomic E-state index is 10.7. The largest absolute Gasteiger partial charge is 0.481 e. The topological polar surface area (TPSA) is 55.1 Å². The maximum Gasteiger partial charge on any atom is 0.303 e. The number of hydrogen-bond donors (Lipinski definition) is 1. The van der Waals surface area contributed by atoms with Crippen LogP contribution in [0.1, 0.15) is 17.8 Å². The van der Waals surface area contributed by atoms with Gasteiger partial charge in [-0.25, -0.2) is 4.98 Å². The molecule has 0 atom stereocenters. The molecule has 0 spiro atoms. The first-order chi connectivity index (χ1) is 8.99. The average Bonchev–Trinajstić information content (AvgIpc) is 2.62. The Balaban J connectivity index is 2.38. The number of carboxylic acid groups (broad SMARTS) is 1. The fraction of sp³-hybridized carbons (Fsp3) is 0.286. The van der Waals surface area contributed by atoms with Gasteiger partial charge in [-0.05, 0) is 25.5 Å². The van der Waals surface area contributed by atoms with Gasteiger partial charge in [-0.2, -0.15) is 0 Å². The standard InChI is InChI=1S/C14H15BrN2O2/c1-9-12(6-7-13(18)19)17(2)14(16-9)10-4-3-5-11(15)8-10/h3-5,8H,6-7H2,1-2H3,(H,18,19). The van der Waals surface area contributed by atoms with Gasteiger partial charge in [0.25, 0.3) is 0 Å². The third-order valence-electron chi connectivity index (χ3n) is 3.07. The number of aryl methyl sites for hydroxylation is 1. The number of imidazole rings is 1. The number of carbonyl (C=O) groups is 1. The smallest absolute Gasteiger partial charge is 0.303 e. The van der Waals surface area contributed by atoms with Crippen molar-refractivity contribution < 1.29 is 9.90 Å². The molecule has 4 nitrogen and oxygen atoms in total. The lowest BCUT2D eigenvalue weighted by molar-refractivity contribution is -0.136. The van der Waals surface area contributed by atoms with Crippen molar-refractivity contribution >= 4 is 21.9 Å². The van der Waals surface area contributed by atoms with Crippen molar-refractivity contribution in [3.63, 3.8) is 0 Å². The van der Waals surface area contributed by atoms with Crippen LogP contribution in [0.15, 0.2) is 28.7 Å². The van der Waals surface area contributed by atoms with Crippen molar-refractivity contribution in [1.82, 2.24) is 9.55 Å². The first kappa shape index (κ1) is 13.8. The van der Waals surface area contributed by atoms with Crippen LogP contribution >= 0.6 is 15.9 Å². The fourth-order valence-electron chi connectivity index (χ4n) is 2.13. The summed E-state index contributed by atoms with van der Waals surface area (Å²) in [4.78, 5) is 15.2. The number of hydrogen-bond acceptors (Lipinski definition) is 2. The van der Waals surface area contributed by atoms with E-state index in [0.717, 1.165) is 27.2 Å². The Morgan fingerprint density at radius 3 is 2.84 bits per heavy atom. The summed E-state index contributed by atoms with van der Waals surface area (Å²) >= 11 is 3.44. The summed E-state index contributed by atoms with van der Waals surface area (Å²) in [5, 5.41) is 8.78. The van der Waals surface area contributed by atoms with Gasteiger partial charge in [0.1, 0.15) is 5.82 Å². The molecule has 100 valence electrons. The summed E-state index contributed by atoms with van der Waals surface area (Å²) in [5.74, 6) is 0.0730. The number of halogens is 1. The van der Waals surface area contributed by atoms with Gasteiger partial charge in [0.2, 0.25) is 0 Å². The van der Waals surface area contributed by atoms with Crippen molar-refractivity contribution in [1.29, 1.82) is 0 Å². The minimum Gasteiger partial charge on any atom is -0.481 e. The molecular weight excluding hydrogens is 308 g/mol. The number of benzene rings is 1. The molecule has 1 heterocycles. The summed E-state index contributed by atoms with van der Waals surface area (Å²) in [6.45, 7) is 1.92. The molecule has 1 aromatic carbocycles. The van der Waals surface area contributed by atoms with Crippen LogP contribution in [0.3, 0.4) is 0 Å². The van der Waals surface area contributed by atoms with Crippen LogP contribution in [0, 0.1) is 6.92 Å². The van der Waals surface area contributed by atoms with E-state index >= 15 is 0 Å². The minimum atomic E-state index is -0.787. The third kappa shape index (κ3) is 3.04. The number of aromatic nitrogens is 2. The van der Waals surface area contributed by atoms with Crippen molar-refractivity contribution in [2.45, 2.75) is 19.8 Å². The second-order valence-electron chi connectivity index (χ2n) is 4.43. The Hall–Kier alpha value is -1.62. The van der Waals surface area contributed by atoms with Crippen LogP contribution < -0.4 is 0 Å². The number of rotatable bonds is 4. The molecule has 0 aliphatic heterocycles. The molecule has 1 N–H and O–H groups in total. The predicted octanol–water partition coefficient (Wildman–Crippen LogP) is 3.18. The van der Waals surface area contributed by atoms with Crippen LogP contribution in [-0.4, -0.2) is 20.6 Å². The lowest BCUT2D eigenvalue weighted by Crippen LogP contribution is -2.04. The normalized spacial score (nSPS) is 10.7.